The first-order valence-electron chi connectivity index (χ1n) is 10.0. The summed E-state index contributed by atoms with van der Waals surface area (Å²) in [7, 11) is 0. The molecule has 0 atom stereocenters. The van der Waals surface area contributed by atoms with Crippen molar-refractivity contribution in [1.29, 1.82) is 0 Å². The van der Waals surface area contributed by atoms with Crippen molar-refractivity contribution >= 4 is 34.7 Å². The van der Waals surface area contributed by atoms with Gasteiger partial charge in [-0.1, -0.05) is 72.8 Å². The van der Waals surface area contributed by atoms with Gasteiger partial charge in [0.05, 0.1) is 5.69 Å². The van der Waals surface area contributed by atoms with Crippen LogP contribution in [0.3, 0.4) is 0 Å². The van der Waals surface area contributed by atoms with Crippen LogP contribution in [-0.4, -0.2) is 11.9 Å². The smallest absolute Gasteiger partial charge is 0.231 e. The molecular weight excluding hydrogens is 382 g/mol. The molecule has 0 saturated heterocycles. The van der Waals surface area contributed by atoms with Gasteiger partial charge in [-0.2, -0.15) is 4.99 Å². The number of nitrogens with one attached hydrogen (secondary N) is 3. The van der Waals surface area contributed by atoms with Crippen LogP contribution in [0.1, 0.15) is 0 Å². The summed E-state index contributed by atoms with van der Waals surface area (Å²) < 4.78 is 0. The highest BCUT2D eigenvalue weighted by atomic mass is 15.2. The Balaban J connectivity index is 1.70. The van der Waals surface area contributed by atoms with Crippen LogP contribution in [0.15, 0.2) is 131 Å². The number of nitrogens with zero attached hydrogens (tertiary/aromatic N) is 2. The van der Waals surface area contributed by atoms with E-state index in [4.69, 9.17) is 9.98 Å². The highest BCUT2D eigenvalue weighted by Gasteiger charge is 2.06. The first-order valence-corrected chi connectivity index (χ1v) is 10.0. The van der Waals surface area contributed by atoms with Crippen LogP contribution in [0.5, 0.6) is 0 Å². The number of aliphatic imine (C=N–C) groups is 2. The van der Waals surface area contributed by atoms with E-state index in [-0.39, 0.29) is 0 Å². The predicted molar refractivity (Wildman–Crippen MR) is 131 cm³/mol. The normalized spacial score (nSPS) is 10.8. The van der Waals surface area contributed by atoms with Crippen LogP contribution in [0, 0.1) is 0 Å². The number of anilines is 3. The Labute approximate surface area is 182 Å². The van der Waals surface area contributed by atoms with Crippen molar-refractivity contribution in [2.24, 2.45) is 9.98 Å². The third-order valence-corrected chi connectivity index (χ3v) is 4.31. The van der Waals surface area contributed by atoms with E-state index in [1.165, 1.54) is 0 Å². The second-order valence-electron chi connectivity index (χ2n) is 6.70. The molecule has 5 nitrogen and oxygen atoms in total. The Morgan fingerprint density at radius 2 is 0.839 bits per heavy atom. The fourth-order valence-electron chi connectivity index (χ4n) is 2.87. The lowest BCUT2D eigenvalue weighted by molar-refractivity contribution is 1.41. The molecule has 0 fully saturated rings. The first-order chi connectivity index (χ1) is 15.3. The lowest BCUT2D eigenvalue weighted by Gasteiger charge is -2.14. The monoisotopic (exact) mass is 405 g/mol. The van der Waals surface area contributed by atoms with E-state index in [1.54, 1.807) is 0 Å². The number of hydrogen-bond acceptors (Lipinski definition) is 1. The minimum absolute atomic E-state index is 0.458. The molecule has 4 aromatic carbocycles. The Bertz CT molecular complexity index is 1080. The fraction of sp³-hybridized carbons (Fsp3) is 0. The maximum Gasteiger partial charge on any atom is 0.231 e. The number of benzene rings is 4. The molecule has 4 rings (SSSR count). The minimum Gasteiger partial charge on any atom is -0.326 e. The number of para-hydroxylation sites is 4. The summed E-state index contributed by atoms with van der Waals surface area (Å²) in [5.41, 5.74) is 3.55. The second-order valence-corrected chi connectivity index (χ2v) is 6.70. The lowest BCUT2D eigenvalue weighted by Crippen LogP contribution is -2.25. The first kappa shape index (κ1) is 19.9. The third kappa shape index (κ3) is 6.30. The van der Waals surface area contributed by atoms with Crippen molar-refractivity contribution in [3.8, 4) is 0 Å². The lowest BCUT2D eigenvalue weighted by atomic mass is 10.3. The van der Waals surface area contributed by atoms with Gasteiger partial charge in [0, 0.05) is 17.1 Å². The van der Waals surface area contributed by atoms with E-state index in [2.05, 4.69) is 16.0 Å². The van der Waals surface area contributed by atoms with Gasteiger partial charge in [-0.25, -0.2) is 4.99 Å². The van der Waals surface area contributed by atoms with Crippen LogP contribution in [-0.2, 0) is 0 Å². The van der Waals surface area contributed by atoms with Gasteiger partial charge in [0.15, 0.2) is 0 Å². The molecule has 0 spiro atoms. The molecule has 0 aliphatic rings. The Morgan fingerprint density at radius 1 is 0.452 bits per heavy atom. The van der Waals surface area contributed by atoms with E-state index in [9.17, 15) is 0 Å². The summed E-state index contributed by atoms with van der Waals surface area (Å²) in [4.78, 5) is 9.51. The van der Waals surface area contributed by atoms with E-state index in [0.717, 1.165) is 22.7 Å². The fourth-order valence-corrected chi connectivity index (χ4v) is 2.87. The topological polar surface area (TPSA) is 60.8 Å². The predicted octanol–water partition coefficient (Wildman–Crippen LogP) is 6.37. The molecular formula is C26H23N5. The molecule has 0 bridgehead atoms. The highest BCUT2D eigenvalue weighted by Crippen LogP contribution is 2.14. The molecule has 0 unspecified atom stereocenters. The van der Waals surface area contributed by atoms with Gasteiger partial charge < -0.3 is 16.0 Å². The summed E-state index contributed by atoms with van der Waals surface area (Å²) in [6.07, 6.45) is 0. The van der Waals surface area contributed by atoms with E-state index >= 15 is 0 Å². The van der Waals surface area contributed by atoms with Gasteiger partial charge in [-0.15, -0.1) is 0 Å². The van der Waals surface area contributed by atoms with Crippen molar-refractivity contribution in [1.82, 2.24) is 0 Å². The molecule has 3 N–H and O–H groups in total. The average molecular weight is 406 g/mol. The van der Waals surface area contributed by atoms with Crippen LogP contribution in [0.25, 0.3) is 0 Å². The zero-order valence-electron chi connectivity index (χ0n) is 16.9. The van der Waals surface area contributed by atoms with Crippen LogP contribution in [0.2, 0.25) is 0 Å². The molecule has 0 amide bonds. The summed E-state index contributed by atoms with van der Waals surface area (Å²) in [5, 5.41) is 10.0. The van der Waals surface area contributed by atoms with Crippen LogP contribution >= 0.6 is 0 Å². The van der Waals surface area contributed by atoms with E-state index in [0.29, 0.717) is 11.9 Å². The Kier molecular flexibility index (Phi) is 6.69. The van der Waals surface area contributed by atoms with Gasteiger partial charge in [0.2, 0.25) is 11.9 Å². The number of guanidine groups is 2. The summed E-state index contributed by atoms with van der Waals surface area (Å²) in [6.45, 7) is 0. The summed E-state index contributed by atoms with van der Waals surface area (Å²) >= 11 is 0. The molecule has 4 aromatic rings. The van der Waals surface area contributed by atoms with E-state index < -0.39 is 0 Å². The summed E-state index contributed by atoms with van der Waals surface area (Å²) in [6, 6.07) is 39.4. The molecule has 0 aromatic heterocycles. The van der Waals surface area contributed by atoms with Crippen molar-refractivity contribution in [2.75, 3.05) is 16.0 Å². The molecule has 0 saturated carbocycles. The number of hydrogen-bond donors (Lipinski definition) is 3. The SMILES string of the molecule is c1ccc(/N=C(\N=C(Nc2ccccc2)Nc2ccccc2)Nc2ccccc2)cc1. The maximum absolute atomic E-state index is 4.79. The van der Waals surface area contributed by atoms with Crippen molar-refractivity contribution in [2.45, 2.75) is 0 Å². The zero-order valence-corrected chi connectivity index (χ0v) is 16.9. The largest absolute Gasteiger partial charge is 0.326 e. The highest BCUT2D eigenvalue weighted by molar-refractivity contribution is 6.12. The standard InChI is InChI=1S/C26H23N5/c1-5-13-21(14-6-1)27-25(28-22-15-7-2-8-16-22)31-26(29-23-17-9-3-10-18-23)30-24-19-11-4-12-20-24/h1-20H,(H3,27,28,29,30,31). The molecule has 5 heteroatoms. The molecule has 31 heavy (non-hydrogen) atoms. The van der Waals surface area contributed by atoms with E-state index in [1.807, 2.05) is 121 Å². The quantitative estimate of drug-likeness (QED) is 0.273. The maximum atomic E-state index is 4.79. The van der Waals surface area contributed by atoms with Gasteiger partial charge in [0.1, 0.15) is 0 Å². The summed E-state index contributed by atoms with van der Waals surface area (Å²) in [5.74, 6) is 1.01. The molecule has 0 radical (unpaired) electrons. The van der Waals surface area contributed by atoms with Gasteiger partial charge in [-0.05, 0) is 48.5 Å². The zero-order chi connectivity index (χ0) is 21.1. The molecule has 0 aliphatic carbocycles. The third-order valence-electron chi connectivity index (χ3n) is 4.31. The minimum atomic E-state index is 0.458. The van der Waals surface area contributed by atoms with Gasteiger partial charge in [0.25, 0.3) is 0 Å². The van der Waals surface area contributed by atoms with Crippen molar-refractivity contribution in [3.05, 3.63) is 121 Å². The van der Waals surface area contributed by atoms with Gasteiger partial charge >= 0.3 is 0 Å². The van der Waals surface area contributed by atoms with Gasteiger partial charge in [-0.3, -0.25) is 0 Å². The van der Waals surface area contributed by atoms with Crippen molar-refractivity contribution in [3.63, 3.8) is 0 Å². The molecule has 152 valence electrons. The van der Waals surface area contributed by atoms with Crippen LogP contribution < -0.4 is 16.0 Å². The molecule has 0 aliphatic heterocycles. The Hall–Kier alpha value is -4.38. The second kappa shape index (κ2) is 10.4. The number of rotatable bonds is 4. The Morgan fingerprint density at radius 3 is 1.29 bits per heavy atom. The van der Waals surface area contributed by atoms with Crippen LogP contribution in [0.4, 0.5) is 22.7 Å². The molecule has 0 heterocycles. The van der Waals surface area contributed by atoms with Crippen molar-refractivity contribution < 1.29 is 0 Å². The average Bonchev–Trinajstić information content (AvgIpc) is 2.82.